The number of rotatable bonds is 6. The summed E-state index contributed by atoms with van der Waals surface area (Å²) in [5.74, 6) is -1.98. The lowest BCUT2D eigenvalue weighted by atomic mass is 9.89. The lowest BCUT2D eigenvalue weighted by Gasteiger charge is -2.16. The highest BCUT2D eigenvalue weighted by Crippen LogP contribution is 2.33. The molecule has 1 heterocycles. The third kappa shape index (κ3) is 4.42. The molecule has 5 nitrogen and oxygen atoms in total. The molecule has 0 aromatic heterocycles. The Morgan fingerprint density at radius 1 is 0.963 bits per heavy atom. The Kier molecular flexibility index (Phi) is 5.69. The molecular weight excluding hydrogens is 342 g/mol. The highest BCUT2D eigenvalue weighted by Gasteiger charge is 2.40. The van der Waals surface area contributed by atoms with E-state index >= 15 is 0 Å². The summed E-state index contributed by atoms with van der Waals surface area (Å²) in [7, 11) is 0. The first-order valence-electron chi connectivity index (χ1n) is 9.11. The first-order chi connectivity index (χ1) is 13.0. The number of nitrogens with zero attached hydrogens (tertiary/aromatic N) is 1. The van der Waals surface area contributed by atoms with E-state index in [4.69, 9.17) is 0 Å². The molecule has 3 rings (SSSR count). The minimum absolute atomic E-state index is 0.0723. The van der Waals surface area contributed by atoms with E-state index in [2.05, 4.69) is 0 Å². The minimum Gasteiger partial charge on any atom is -0.481 e. The molecule has 1 aliphatic heterocycles. The van der Waals surface area contributed by atoms with E-state index in [0.717, 1.165) is 11.1 Å². The zero-order valence-electron chi connectivity index (χ0n) is 15.3. The van der Waals surface area contributed by atoms with Gasteiger partial charge in [-0.15, -0.1) is 0 Å². The molecule has 1 aliphatic rings. The van der Waals surface area contributed by atoms with E-state index < -0.39 is 11.9 Å². The summed E-state index contributed by atoms with van der Waals surface area (Å²) in [6.07, 6.45) is 0.229. The molecule has 5 heteroatoms. The standard InChI is InChI=1S/C22H23NO4/c1-15-7-9-17(10-8-15)20(24)11-12-21(25)23-13-18(19(14-23)22(26)27)16-5-3-2-4-6-16/h2-10,18-19H,11-14H2,1H3,(H,26,27)/t18-,19-/m0/s1. The largest absolute Gasteiger partial charge is 0.481 e. The van der Waals surface area contributed by atoms with Crippen LogP contribution in [0.3, 0.4) is 0 Å². The maximum absolute atomic E-state index is 12.6. The highest BCUT2D eigenvalue weighted by molar-refractivity contribution is 5.98. The number of benzene rings is 2. The first kappa shape index (κ1) is 18.8. The van der Waals surface area contributed by atoms with E-state index in [1.165, 1.54) is 0 Å². The molecule has 27 heavy (non-hydrogen) atoms. The Hall–Kier alpha value is -2.95. The SMILES string of the molecule is Cc1ccc(C(=O)CCC(=O)N2C[C@H](C(=O)O)[C@H](c3ccccc3)C2)cc1. The van der Waals surface area contributed by atoms with Crippen LogP contribution in [0.15, 0.2) is 54.6 Å². The molecule has 0 spiro atoms. The quantitative estimate of drug-likeness (QED) is 0.797. The number of aliphatic carboxylic acids is 1. The number of hydrogen-bond acceptors (Lipinski definition) is 3. The summed E-state index contributed by atoms with van der Waals surface area (Å²) in [6.45, 7) is 2.51. The second-order valence-corrected chi connectivity index (χ2v) is 7.05. The number of amides is 1. The molecule has 2 aromatic carbocycles. The van der Waals surface area contributed by atoms with Gasteiger partial charge in [-0.3, -0.25) is 14.4 Å². The zero-order chi connectivity index (χ0) is 19.4. The van der Waals surface area contributed by atoms with Crippen molar-refractivity contribution >= 4 is 17.7 Å². The number of Topliss-reactive ketones (excluding diaryl/α,β-unsaturated/α-hetero) is 1. The predicted octanol–water partition coefficient (Wildman–Crippen LogP) is 3.28. The third-order valence-electron chi connectivity index (χ3n) is 5.16. The number of likely N-dealkylation sites (tertiary alicyclic amines) is 1. The van der Waals surface area contributed by atoms with Crippen molar-refractivity contribution in [3.8, 4) is 0 Å². The van der Waals surface area contributed by atoms with Gasteiger partial charge in [-0.05, 0) is 12.5 Å². The average Bonchev–Trinajstić information content (AvgIpc) is 3.13. The van der Waals surface area contributed by atoms with Gasteiger partial charge in [-0.25, -0.2) is 0 Å². The van der Waals surface area contributed by atoms with Gasteiger partial charge < -0.3 is 10.0 Å². The van der Waals surface area contributed by atoms with Gasteiger partial charge in [-0.1, -0.05) is 60.2 Å². The van der Waals surface area contributed by atoms with E-state index in [1.54, 1.807) is 17.0 Å². The fourth-order valence-corrected chi connectivity index (χ4v) is 3.56. The van der Waals surface area contributed by atoms with Gasteiger partial charge in [-0.2, -0.15) is 0 Å². The van der Waals surface area contributed by atoms with Crippen molar-refractivity contribution in [2.24, 2.45) is 5.92 Å². The molecule has 0 bridgehead atoms. The number of carbonyl (C=O) groups excluding carboxylic acids is 2. The third-order valence-corrected chi connectivity index (χ3v) is 5.16. The van der Waals surface area contributed by atoms with Gasteiger partial charge in [0.2, 0.25) is 5.91 Å². The Morgan fingerprint density at radius 3 is 2.26 bits per heavy atom. The molecule has 140 valence electrons. The summed E-state index contributed by atoms with van der Waals surface area (Å²) in [4.78, 5) is 38.1. The second-order valence-electron chi connectivity index (χ2n) is 7.05. The zero-order valence-corrected chi connectivity index (χ0v) is 15.3. The smallest absolute Gasteiger partial charge is 0.308 e. The van der Waals surface area contributed by atoms with Gasteiger partial charge in [0.1, 0.15) is 0 Å². The van der Waals surface area contributed by atoms with Gasteiger partial charge in [0.25, 0.3) is 0 Å². The first-order valence-corrected chi connectivity index (χ1v) is 9.11. The number of ketones is 1. The van der Waals surface area contributed by atoms with Gasteiger partial charge in [0.15, 0.2) is 5.78 Å². The van der Waals surface area contributed by atoms with Crippen molar-refractivity contribution in [1.82, 2.24) is 4.90 Å². The fraction of sp³-hybridized carbons (Fsp3) is 0.318. The Morgan fingerprint density at radius 2 is 1.63 bits per heavy atom. The molecule has 2 aromatic rings. The predicted molar refractivity (Wildman–Crippen MR) is 102 cm³/mol. The van der Waals surface area contributed by atoms with Crippen molar-refractivity contribution < 1.29 is 19.5 Å². The number of hydrogen-bond donors (Lipinski definition) is 1. The van der Waals surface area contributed by atoms with Gasteiger partial charge in [0, 0.05) is 37.4 Å². The van der Waals surface area contributed by atoms with Crippen LogP contribution in [0.5, 0.6) is 0 Å². The van der Waals surface area contributed by atoms with Crippen LogP contribution in [0, 0.1) is 12.8 Å². The van der Waals surface area contributed by atoms with Crippen LogP contribution in [0.25, 0.3) is 0 Å². The number of aryl methyl sites for hydroxylation is 1. The number of carboxylic acid groups (broad SMARTS) is 1. The molecule has 1 fully saturated rings. The van der Waals surface area contributed by atoms with Crippen LogP contribution in [0.2, 0.25) is 0 Å². The van der Waals surface area contributed by atoms with Gasteiger partial charge >= 0.3 is 5.97 Å². The Bertz CT molecular complexity index is 829. The molecule has 0 saturated carbocycles. The van der Waals surface area contributed by atoms with E-state index in [1.807, 2.05) is 49.4 Å². The summed E-state index contributed by atoms with van der Waals surface area (Å²) >= 11 is 0. The maximum atomic E-state index is 12.6. The fourth-order valence-electron chi connectivity index (χ4n) is 3.56. The average molecular weight is 365 g/mol. The van der Waals surface area contributed by atoms with Crippen LogP contribution in [-0.2, 0) is 9.59 Å². The van der Waals surface area contributed by atoms with Crippen LogP contribution < -0.4 is 0 Å². The molecule has 2 atom stereocenters. The molecule has 1 N–H and O–H groups in total. The van der Waals surface area contributed by atoms with E-state index in [0.29, 0.717) is 12.1 Å². The summed E-state index contributed by atoms with van der Waals surface area (Å²) < 4.78 is 0. The minimum atomic E-state index is -0.894. The molecular formula is C22H23NO4. The van der Waals surface area contributed by atoms with Crippen LogP contribution in [0.1, 0.15) is 40.2 Å². The van der Waals surface area contributed by atoms with Crippen molar-refractivity contribution in [3.05, 3.63) is 71.3 Å². The summed E-state index contributed by atoms with van der Waals surface area (Å²) in [5, 5.41) is 9.54. The van der Waals surface area contributed by atoms with Crippen LogP contribution >= 0.6 is 0 Å². The van der Waals surface area contributed by atoms with Crippen molar-refractivity contribution in [1.29, 1.82) is 0 Å². The Labute approximate surface area is 158 Å². The van der Waals surface area contributed by atoms with Crippen molar-refractivity contribution in [2.75, 3.05) is 13.1 Å². The van der Waals surface area contributed by atoms with Crippen LogP contribution in [-0.4, -0.2) is 40.8 Å². The topological polar surface area (TPSA) is 74.7 Å². The van der Waals surface area contributed by atoms with Crippen LogP contribution in [0.4, 0.5) is 0 Å². The monoisotopic (exact) mass is 365 g/mol. The summed E-state index contributed by atoms with van der Waals surface area (Å²) in [6, 6.07) is 16.7. The molecule has 0 unspecified atom stereocenters. The highest BCUT2D eigenvalue weighted by atomic mass is 16.4. The number of carboxylic acids is 1. The number of carbonyl (C=O) groups is 3. The lowest BCUT2D eigenvalue weighted by Crippen LogP contribution is -2.30. The van der Waals surface area contributed by atoms with Gasteiger partial charge in [0.05, 0.1) is 5.92 Å². The lowest BCUT2D eigenvalue weighted by molar-refractivity contribution is -0.141. The summed E-state index contributed by atoms with van der Waals surface area (Å²) in [5.41, 5.74) is 2.60. The molecule has 1 amide bonds. The van der Waals surface area contributed by atoms with E-state index in [-0.39, 0.29) is 37.0 Å². The molecule has 0 aliphatic carbocycles. The normalized spacial score (nSPS) is 19.1. The van der Waals surface area contributed by atoms with Crippen molar-refractivity contribution in [2.45, 2.75) is 25.7 Å². The second kappa shape index (κ2) is 8.16. The Balaban J connectivity index is 1.62. The molecule has 0 radical (unpaired) electrons. The van der Waals surface area contributed by atoms with Crippen molar-refractivity contribution in [3.63, 3.8) is 0 Å². The molecule has 1 saturated heterocycles. The maximum Gasteiger partial charge on any atom is 0.308 e. The van der Waals surface area contributed by atoms with E-state index in [9.17, 15) is 19.5 Å².